The molecule has 2 heterocycles. The predicted octanol–water partition coefficient (Wildman–Crippen LogP) is 0.984. The lowest BCUT2D eigenvalue weighted by atomic mass is 10.1. The zero-order valence-electron chi connectivity index (χ0n) is 12.4. The van der Waals surface area contributed by atoms with Crippen LogP contribution in [0.4, 0.5) is 0 Å². The van der Waals surface area contributed by atoms with Crippen molar-refractivity contribution < 1.29 is 37.4 Å². The largest absolute Gasteiger partial charge is 0.481 e. The van der Waals surface area contributed by atoms with Crippen molar-refractivity contribution in [2.24, 2.45) is 0 Å². The number of ether oxygens (including phenoxy) is 1. The number of nitrogens with one attached hydrogen (secondary N) is 1. The van der Waals surface area contributed by atoms with Crippen molar-refractivity contribution in [2.45, 2.75) is 31.6 Å². The Morgan fingerprint density at radius 1 is 1.50 bits per heavy atom. The van der Waals surface area contributed by atoms with Crippen LogP contribution in [0.15, 0.2) is 17.1 Å². The average Bonchev–Trinajstić information content (AvgIpc) is 2.76. The molecule has 0 aliphatic carbocycles. The van der Waals surface area contributed by atoms with Crippen LogP contribution in [0.2, 0.25) is 0 Å². The maximum absolute atomic E-state index is 12.0. The molecule has 2 rings (SSSR count). The summed E-state index contributed by atoms with van der Waals surface area (Å²) in [6.45, 7) is 1.21. The number of hydrogen-bond acceptors (Lipinski definition) is 7. The molecule has 1 aromatic rings. The minimum Gasteiger partial charge on any atom is -0.350 e. The van der Waals surface area contributed by atoms with Gasteiger partial charge in [-0.3, -0.25) is 14.1 Å². The van der Waals surface area contributed by atoms with Crippen LogP contribution < -0.4 is 5.69 Å². The third-order valence-electron chi connectivity index (χ3n) is 3.32. The predicted molar refractivity (Wildman–Crippen MR) is 82.5 cm³/mol. The summed E-state index contributed by atoms with van der Waals surface area (Å²) in [4.78, 5) is 40.7. The number of nitrogens with zero attached hydrogens (tertiary/aromatic N) is 1. The number of aromatic nitrogens is 2. The summed E-state index contributed by atoms with van der Waals surface area (Å²) in [5.74, 6) is 0. The lowest BCUT2D eigenvalue weighted by molar-refractivity contribution is -0.0992. The van der Waals surface area contributed by atoms with Crippen molar-refractivity contribution in [3.8, 4) is 0 Å². The van der Waals surface area contributed by atoms with Gasteiger partial charge in [-0.15, -0.1) is 0 Å². The smallest absolute Gasteiger partial charge is 0.350 e. The van der Waals surface area contributed by atoms with E-state index in [-0.39, 0.29) is 4.64 Å². The van der Waals surface area contributed by atoms with Crippen LogP contribution in [-0.2, 0) is 28.4 Å². The van der Waals surface area contributed by atoms with Crippen LogP contribution in [0.5, 0.6) is 0 Å². The second-order valence-corrected chi connectivity index (χ2v) is 8.54. The molecule has 1 aliphatic rings. The molecule has 0 saturated carbocycles. The van der Waals surface area contributed by atoms with E-state index in [0.717, 1.165) is 0 Å². The van der Waals surface area contributed by atoms with Gasteiger partial charge in [0.05, 0.1) is 12.7 Å². The molecule has 136 valence electrons. The lowest BCUT2D eigenvalue weighted by Gasteiger charge is -2.27. The summed E-state index contributed by atoms with van der Waals surface area (Å²) in [6, 6.07) is 1.52. The summed E-state index contributed by atoms with van der Waals surface area (Å²) in [5, 5.41) is 0. The quantitative estimate of drug-likeness (QED) is 0.399. The Labute approximate surface area is 141 Å². The van der Waals surface area contributed by atoms with Crippen molar-refractivity contribution >= 4 is 27.9 Å². The first-order chi connectivity index (χ1) is 10.9. The number of phosphoric acid groups is 2. The number of aromatic amines is 1. The average molecular weight is 402 g/mol. The van der Waals surface area contributed by atoms with Crippen LogP contribution >= 0.6 is 27.9 Å². The fourth-order valence-corrected chi connectivity index (χ4v) is 4.09. The molecule has 0 aromatic carbocycles. The highest BCUT2D eigenvalue weighted by atomic mass is 32.1. The monoisotopic (exact) mass is 402 g/mol. The van der Waals surface area contributed by atoms with E-state index in [1.807, 2.05) is 0 Å². The molecule has 14 heteroatoms. The van der Waals surface area contributed by atoms with Gasteiger partial charge in [0.2, 0.25) is 0 Å². The third kappa shape index (κ3) is 5.16. The number of H-pyrrole nitrogens is 1. The van der Waals surface area contributed by atoms with Gasteiger partial charge >= 0.3 is 21.3 Å². The molecule has 1 aromatic heterocycles. The fourth-order valence-electron chi connectivity index (χ4n) is 2.33. The Bertz CT molecular complexity index is 817. The van der Waals surface area contributed by atoms with Gasteiger partial charge in [-0.2, -0.15) is 4.31 Å². The molecule has 1 aliphatic heterocycles. The van der Waals surface area contributed by atoms with Gasteiger partial charge in [-0.25, -0.2) is 13.9 Å². The summed E-state index contributed by atoms with van der Waals surface area (Å²) in [7, 11) is -10.1. The van der Waals surface area contributed by atoms with Gasteiger partial charge < -0.3 is 19.4 Å². The molecular weight excluding hydrogens is 386 g/mol. The maximum Gasteiger partial charge on any atom is 0.481 e. The summed E-state index contributed by atoms with van der Waals surface area (Å²) in [5.41, 5.74) is -1.49. The normalized spacial score (nSPS) is 27.1. The Morgan fingerprint density at radius 2 is 2.17 bits per heavy atom. The van der Waals surface area contributed by atoms with Gasteiger partial charge in [0.15, 0.2) is 0 Å². The number of phosphoric ester groups is 1. The summed E-state index contributed by atoms with van der Waals surface area (Å²) in [6.07, 6.45) is 1.58. The molecular formula is C10H16N2O9P2S. The number of hydrogen-bond donors (Lipinski definition) is 4. The summed E-state index contributed by atoms with van der Waals surface area (Å²) < 4.78 is 37.4. The second kappa shape index (κ2) is 6.91. The first kappa shape index (κ1) is 19.6. The van der Waals surface area contributed by atoms with Crippen molar-refractivity contribution in [2.75, 3.05) is 6.61 Å². The first-order valence-corrected chi connectivity index (χ1v) is 10.1. The van der Waals surface area contributed by atoms with E-state index in [1.54, 1.807) is 6.92 Å². The van der Waals surface area contributed by atoms with E-state index in [4.69, 9.17) is 26.7 Å². The SMILES string of the molecule is C[C@]1(n2ccc(=S)[nH]c2=O)CC[C@@H](COP(=O)(O)OP(=O)(O)O)O1. The van der Waals surface area contributed by atoms with E-state index in [2.05, 4.69) is 13.8 Å². The molecule has 0 spiro atoms. The Kier molecular flexibility index (Phi) is 5.65. The van der Waals surface area contributed by atoms with E-state index >= 15 is 0 Å². The minimum atomic E-state index is -5.17. The Balaban J connectivity index is 2.02. The maximum atomic E-state index is 12.0. The lowest BCUT2D eigenvalue weighted by Crippen LogP contribution is -2.40. The molecule has 1 fully saturated rings. The highest BCUT2D eigenvalue weighted by molar-refractivity contribution is 7.71. The molecule has 1 unspecified atom stereocenters. The molecule has 24 heavy (non-hydrogen) atoms. The zero-order chi connectivity index (χ0) is 18.2. The molecule has 11 nitrogen and oxygen atoms in total. The van der Waals surface area contributed by atoms with Crippen LogP contribution in [0.25, 0.3) is 0 Å². The molecule has 4 N–H and O–H groups in total. The van der Waals surface area contributed by atoms with E-state index in [9.17, 15) is 18.8 Å². The van der Waals surface area contributed by atoms with Crippen LogP contribution in [0.1, 0.15) is 19.8 Å². The molecule has 0 radical (unpaired) electrons. The molecule has 1 saturated heterocycles. The third-order valence-corrected chi connectivity index (χ3v) is 5.71. The zero-order valence-corrected chi connectivity index (χ0v) is 15.0. The highest BCUT2D eigenvalue weighted by Crippen LogP contribution is 2.57. The Morgan fingerprint density at radius 3 is 2.75 bits per heavy atom. The van der Waals surface area contributed by atoms with Crippen LogP contribution in [-0.4, -0.2) is 36.9 Å². The minimum absolute atomic E-state index is 0.272. The van der Waals surface area contributed by atoms with Gasteiger partial charge in [-0.1, -0.05) is 12.2 Å². The fraction of sp³-hybridized carbons (Fsp3) is 0.600. The van der Waals surface area contributed by atoms with Gasteiger partial charge in [0.1, 0.15) is 10.4 Å². The molecule has 3 atom stereocenters. The second-order valence-electron chi connectivity index (χ2n) is 5.27. The van der Waals surface area contributed by atoms with Gasteiger partial charge in [0.25, 0.3) is 0 Å². The summed E-state index contributed by atoms with van der Waals surface area (Å²) >= 11 is 4.85. The van der Waals surface area contributed by atoms with Crippen molar-refractivity contribution in [3.05, 3.63) is 27.4 Å². The molecule has 0 amide bonds. The van der Waals surface area contributed by atoms with E-state index < -0.39 is 39.8 Å². The topological polar surface area (TPSA) is 160 Å². The van der Waals surface area contributed by atoms with E-state index in [1.165, 1.54) is 16.8 Å². The van der Waals surface area contributed by atoms with Crippen LogP contribution in [0, 0.1) is 4.64 Å². The van der Waals surface area contributed by atoms with E-state index in [0.29, 0.717) is 12.8 Å². The first-order valence-electron chi connectivity index (χ1n) is 6.65. The van der Waals surface area contributed by atoms with Gasteiger partial charge in [0, 0.05) is 6.20 Å². The van der Waals surface area contributed by atoms with Crippen LogP contribution in [0.3, 0.4) is 0 Å². The molecule has 0 bridgehead atoms. The van der Waals surface area contributed by atoms with Crippen molar-refractivity contribution in [1.29, 1.82) is 0 Å². The standard InChI is InChI=1S/C10H16N2O9P2S/c1-10(12-5-3-8(24)11-9(12)13)4-2-7(20-10)6-19-23(17,18)21-22(14,15)16/h3,5,7H,2,4,6H2,1H3,(H,17,18)(H,11,13,24)(H2,14,15,16)/t7-,10+/m0/s1. The van der Waals surface area contributed by atoms with Gasteiger partial charge in [-0.05, 0) is 25.8 Å². The Hall–Kier alpha value is -0.680. The number of rotatable bonds is 6. The van der Waals surface area contributed by atoms with Crippen molar-refractivity contribution in [1.82, 2.24) is 9.55 Å². The highest BCUT2D eigenvalue weighted by Gasteiger charge is 2.40. The van der Waals surface area contributed by atoms with Crippen molar-refractivity contribution in [3.63, 3.8) is 0 Å².